The molecule has 0 aromatic heterocycles. The summed E-state index contributed by atoms with van der Waals surface area (Å²) in [6.07, 6.45) is 0.0245. The number of carbonyl (C=O) groups is 3. The number of hydrogen-bond donors (Lipinski definition) is 2. The molecule has 0 spiro atoms. The summed E-state index contributed by atoms with van der Waals surface area (Å²) in [5.41, 5.74) is 4.54. The molecule has 2 fully saturated rings. The zero-order valence-corrected chi connectivity index (χ0v) is 18.1. The van der Waals surface area contributed by atoms with E-state index in [1.54, 1.807) is 0 Å². The minimum atomic E-state index is -1.01. The van der Waals surface area contributed by atoms with Gasteiger partial charge in [0, 0.05) is 19.1 Å². The predicted molar refractivity (Wildman–Crippen MR) is 119 cm³/mol. The number of carbonyl (C=O) groups excluding carboxylic acids is 2. The van der Waals surface area contributed by atoms with Gasteiger partial charge in [-0.05, 0) is 41.5 Å². The maximum Gasteiger partial charge on any atom is 0.407 e. The quantitative estimate of drug-likeness (QED) is 0.726. The minimum absolute atomic E-state index is 0.0543. The van der Waals surface area contributed by atoms with E-state index in [4.69, 9.17) is 9.47 Å². The highest BCUT2D eigenvalue weighted by Gasteiger charge is 2.43. The number of alkyl carbamates (subject to hydrolysis) is 1. The Morgan fingerprint density at radius 2 is 1.70 bits per heavy atom. The molecule has 0 saturated carbocycles. The van der Waals surface area contributed by atoms with E-state index in [1.165, 1.54) is 4.90 Å². The van der Waals surface area contributed by atoms with E-state index >= 15 is 0 Å². The lowest BCUT2D eigenvalue weighted by atomic mass is 9.98. The molecule has 8 heteroatoms. The largest absolute Gasteiger partial charge is 0.480 e. The van der Waals surface area contributed by atoms with Crippen molar-refractivity contribution in [2.75, 3.05) is 19.8 Å². The fourth-order valence-corrected chi connectivity index (χ4v) is 5.22. The molecule has 2 amide bonds. The van der Waals surface area contributed by atoms with Crippen molar-refractivity contribution in [1.82, 2.24) is 10.2 Å². The fraction of sp³-hybridized carbons (Fsp3) is 0.400. The molecule has 3 atom stereocenters. The summed E-state index contributed by atoms with van der Waals surface area (Å²) < 4.78 is 11.2. The maximum atomic E-state index is 12.9. The van der Waals surface area contributed by atoms with Gasteiger partial charge in [-0.2, -0.15) is 0 Å². The van der Waals surface area contributed by atoms with Crippen molar-refractivity contribution in [2.45, 2.75) is 43.4 Å². The molecule has 33 heavy (non-hydrogen) atoms. The van der Waals surface area contributed by atoms with Crippen molar-refractivity contribution in [1.29, 1.82) is 0 Å². The third-order valence-electron chi connectivity index (χ3n) is 6.80. The number of nitrogens with one attached hydrogen (secondary N) is 1. The van der Waals surface area contributed by atoms with Crippen LogP contribution in [0.3, 0.4) is 0 Å². The van der Waals surface area contributed by atoms with Crippen LogP contribution in [0.5, 0.6) is 0 Å². The van der Waals surface area contributed by atoms with Crippen molar-refractivity contribution in [3.05, 3.63) is 59.7 Å². The van der Waals surface area contributed by atoms with Crippen LogP contribution in [0.15, 0.2) is 48.5 Å². The Balaban J connectivity index is 1.23. The first-order valence-electron chi connectivity index (χ1n) is 11.3. The molecular weight excluding hydrogens is 424 g/mol. The summed E-state index contributed by atoms with van der Waals surface area (Å²) in [5.74, 6) is -1.46. The Morgan fingerprint density at radius 3 is 2.36 bits per heavy atom. The monoisotopic (exact) mass is 450 g/mol. The molecule has 2 saturated heterocycles. The SMILES string of the molecule is O=C(N[C@@H]1CCO[C@@H]1C(=O)N1CCC[C@H]1C(=O)O)OCC1c2ccccc2-c2ccccc21. The van der Waals surface area contributed by atoms with Gasteiger partial charge in [-0.15, -0.1) is 0 Å². The number of ether oxygens (including phenoxy) is 2. The van der Waals surface area contributed by atoms with Crippen molar-refractivity contribution in [3.8, 4) is 11.1 Å². The van der Waals surface area contributed by atoms with Gasteiger partial charge in [-0.25, -0.2) is 9.59 Å². The zero-order chi connectivity index (χ0) is 22.9. The standard InChI is InChI=1S/C25H26N2O6/c28-23(27-12-5-10-21(27)24(29)30)22-20(11-13-32-22)26-25(31)33-14-19-17-8-3-1-6-15(17)16-7-2-4-9-18(16)19/h1-4,6-9,19-22H,5,10-14H2,(H,26,31)(H,29,30)/t20-,21+,22+/m1/s1. The third kappa shape index (κ3) is 3.95. The molecule has 0 bridgehead atoms. The number of hydrogen-bond acceptors (Lipinski definition) is 5. The summed E-state index contributed by atoms with van der Waals surface area (Å²) in [6.45, 7) is 0.878. The first-order chi connectivity index (χ1) is 16.0. The molecule has 172 valence electrons. The average Bonchev–Trinajstić information content (AvgIpc) is 3.55. The first kappa shape index (κ1) is 21.5. The molecule has 1 aliphatic carbocycles. The van der Waals surface area contributed by atoms with Gasteiger partial charge in [0.05, 0.1) is 6.04 Å². The number of nitrogens with zero attached hydrogens (tertiary/aromatic N) is 1. The molecule has 3 aliphatic rings. The Labute approximate surface area is 191 Å². The topological polar surface area (TPSA) is 105 Å². The maximum absolute atomic E-state index is 12.9. The number of carboxylic acid groups (broad SMARTS) is 1. The normalized spacial score (nSPS) is 23.8. The van der Waals surface area contributed by atoms with Crippen LogP contribution in [0, 0.1) is 0 Å². The summed E-state index contributed by atoms with van der Waals surface area (Å²) in [7, 11) is 0. The van der Waals surface area contributed by atoms with Gasteiger partial charge in [0.25, 0.3) is 5.91 Å². The summed E-state index contributed by atoms with van der Waals surface area (Å²) >= 11 is 0. The summed E-state index contributed by atoms with van der Waals surface area (Å²) in [4.78, 5) is 38.4. The number of likely N-dealkylation sites (tertiary alicyclic amines) is 1. The number of aliphatic carboxylic acids is 1. The highest BCUT2D eigenvalue weighted by molar-refractivity contribution is 5.88. The second-order valence-corrected chi connectivity index (χ2v) is 8.68. The number of fused-ring (bicyclic) bond motifs is 3. The number of amides is 2. The minimum Gasteiger partial charge on any atom is -0.480 e. The molecule has 2 aliphatic heterocycles. The van der Waals surface area contributed by atoms with Crippen molar-refractivity contribution in [2.24, 2.45) is 0 Å². The third-order valence-corrected chi connectivity index (χ3v) is 6.80. The van der Waals surface area contributed by atoms with Crippen LogP contribution in [-0.2, 0) is 19.1 Å². The molecule has 2 aromatic carbocycles. The van der Waals surface area contributed by atoms with Crippen LogP contribution in [0.2, 0.25) is 0 Å². The molecule has 2 heterocycles. The highest BCUT2D eigenvalue weighted by Crippen LogP contribution is 2.44. The van der Waals surface area contributed by atoms with Crippen molar-refractivity contribution >= 4 is 18.0 Å². The van der Waals surface area contributed by atoms with Crippen LogP contribution in [-0.4, -0.2) is 65.9 Å². The van der Waals surface area contributed by atoms with E-state index in [2.05, 4.69) is 29.6 Å². The molecular formula is C25H26N2O6. The lowest BCUT2D eigenvalue weighted by Gasteiger charge is -2.27. The van der Waals surface area contributed by atoms with Crippen LogP contribution < -0.4 is 5.32 Å². The van der Waals surface area contributed by atoms with Gasteiger partial charge in [0.2, 0.25) is 0 Å². The molecule has 5 rings (SSSR count). The summed E-state index contributed by atoms with van der Waals surface area (Å²) in [5, 5.41) is 12.1. The highest BCUT2D eigenvalue weighted by atomic mass is 16.6. The van der Waals surface area contributed by atoms with Crippen LogP contribution in [0.25, 0.3) is 11.1 Å². The van der Waals surface area contributed by atoms with E-state index in [0.717, 1.165) is 22.3 Å². The van der Waals surface area contributed by atoms with Crippen molar-refractivity contribution in [3.63, 3.8) is 0 Å². The fourth-order valence-electron chi connectivity index (χ4n) is 5.22. The smallest absolute Gasteiger partial charge is 0.407 e. The van der Waals surface area contributed by atoms with E-state index in [0.29, 0.717) is 32.4 Å². The van der Waals surface area contributed by atoms with Gasteiger partial charge in [-0.3, -0.25) is 4.79 Å². The average molecular weight is 450 g/mol. The first-order valence-corrected chi connectivity index (χ1v) is 11.3. The lowest BCUT2D eigenvalue weighted by Crippen LogP contribution is -2.52. The second kappa shape index (κ2) is 8.86. The number of rotatable bonds is 5. The number of benzene rings is 2. The van der Waals surface area contributed by atoms with Gasteiger partial charge in [0.1, 0.15) is 12.6 Å². The van der Waals surface area contributed by atoms with E-state index in [9.17, 15) is 19.5 Å². The molecule has 2 N–H and O–H groups in total. The van der Waals surface area contributed by atoms with Crippen molar-refractivity contribution < 1.29 is 29.0 Å². The summed E-state index contributed by atoms with van der Waals surface area (Å²) in [6, 6.07) is 14.8. The Kier molecular flexibility index (Phi) is 5.76. The van der Waals surface area contributed by atoms with E-state index in [-0.39, 0.29) is 18.4 Å². The Hall–Kier alpha value is -3.39. The van der Waals surface area contributed by atoms with Crippen LogP contribution in [0.4, 0.5) is 4.79 Å². The molecule has 0 radical (unpaired) electrons. The van der Waals surface area contributed by atoms with Gasteiger partial charge in [-0.1, -0.05) is 48.5 Å². The Morgan fingerprint density at radius 1 is 1.03 bits per heavy atom. The zero-order valence-electron chi connectivity index (χ0n) is 18.1. The second-order valence-electron chi connectivity index (χ2n) is 8.68. The molecule has 8 nitrogen and oxygen atoms in total. The van der Waals surface area contributed by atoms with Gasteiger partial charge >= 0.3 is 12.1 Å². The van der Waals surface area contributed by atoms with Gasteiger partial charge in [0.15, 0.2) is 6.10 Å². The van der Waals surface area contributed by atoms with Gasteiger partial charge < -0.3 is 24.8 Å². The van der Waals surface area contributed by atoms with E-state index < -0.39 is 30.3 Å². The molecule has 2 aromatic rings. The van der Waals surface area contributed by atoms with E-state index in [1.807, 2.05) is 24.3 Å². The molecule has 0 unspecified atom stereocenters. The van der Waals surface area contributed by atoms with Crippen LogP contribution >= 0.6 is 0 Å². The Bertz CT molecular complexity index is 1040. The lowest BCUT2D eigenvalue weighted by molar-refractivity contribution is -0.152. The number of carboxylic acids is 1. The predicted octanol–water partition coefficient (Wildman–Crippen LogP) is 2.76. The van der Waals surface area contributed by atoms with Crippen LogP contribution in [0.1, 0.15) is 36.3 Å².